The van der Waals surface area contributed by atoms with Gasteiger partial charge in [-0.3, -0.25) is 28.9 Å². The van der Waals surface area contributed by atoms with Gasteiger partial charge in [-0.25, -0.2) is 22.2 Å². The van der Waals surface area contributed by atoms with Crippen LogP contribution in [0.25, 0.3) is 0 Å². The fourth-order valence-corrected chi connectivity index (χ4v) is 6.25. The molecule has 0 unspecified atom stereocenters. The van der Waals surface area contributed by atoms with Gasteiger partial charge in [-0.15, -0.1) is 0 Å². The topological polar surface area (TPSA) is 153 Å². The van der Waals surface area contributed by atoms with Crippen LogP contribution in [0.4, 0.5) is 26.0 Å². The minimum atomic E-state index is -3.74. The average molecular weight is 657 g/mol. The lowest BCUT2D eigenvalue weighted by molar-refractivity contribution is -0.133. The van der Waals surface area contributed by atoms with E-state index in [1.165, 1.54) is 54.7 Å². The van der Waals surface area contributed by atoms with Crippen molar-refractivity contribution in [3.8, 4) is 6.07 Å². The van der Waals surface area contributed by atoms with Crippen LogP contribution in [-0.2, 0) is 24.4 Å². The summed E-state index contributed by atoms with van der Waals surface area (Å²) in [7, 11) is -3.74. The molecule has 45 heavy (non-hydrogen) atoms. The maximum atomic E-state index is 14.7. The molecule has 3 aromatic rings. The molecule has 2 fully saturated rings. The summed E-state index contributed by atoms with van der Waals surface area (Å²) in [6.07, 6.45) is 1.09. The Labute approximate surface area is 262 Å². The van der Waals surface area contributed by atoms with Crippen LogP contribution in [0.2, 0.25) is 5.02 Å². The van der Waals surface area contributed by atoms with Crippen molar-refractivity contribution in [3.63, 3.8) is 0 Å². The smallest absolute Gasteiger partial charge is 0.252 e. The molecule has 15 heteroatoms. The Morgan fingerprint density at radius 3 is 2.56 bits per heavy atom. The fourth-order valence-electron chi connectivity index (χ4n) is 5.46. The second-order valence-corrected chi connectivity index (χ2v) is 13.0. The number of rotatable bonds is 9. The Balaban J connectivity index is 1.64. The van der Waals surface area contributed by atoms with Crippen LogP contribution in [0.5, 0.6) is 0 Å². The van der Waals surface area contributed by atoms with Crippen molar-refractivity contribution in [1.29, 1.82) is 5.26 Å². The molecule has 2 aliphatic rings. The molecule has 0 radical (unpaired) electrons. The SMILES string of the molecule is CS(=O)(=O)Nc1cccc(N(C(=O)[C@@H]2CCC(=O)N2c2cc(C#N)ccn2)[C@H](C(=O)NC2CC(F)(F)C2)c2ccccc2Cl)c1. The lowest BCUT2D eigenvalue weighted by atomic mass is 9.87. The number of nitriles is 1. The highest BCUT2D eigenvalue weighted by Crippen LogP contribution is 2.40. The zero-order chi connectivity index (χ0) is 32.5. The third kappa shape index (κ3) is 7.05. The van der Waals surface area contributed by atoms with E-state index in [9.17, 15) is 36.8 Å². The van der Waals surface area contributed by atoms with Gasteiger partial charge in [-0.2, -0.15) is 5.26 Å². The van der Waals surface area contributed by atoms with Crippen molar-refractivity contribution in [3.05, 3.63) is 83.0 Å². The van der Waals surface area contributed by atoms with Gasteiger partial charge < -0.3 is 5.32 Å². The molecule has 5 rings (SSSR count). The maximum Gasteiger partial charge on any atom is 0.252 e. The number of anilines is 3. The van der Waals surface area contributed by atoms with Crippen molar-refractivity contribution < 1.29 is 31.6 Å². The number of nitrogens with one attached hydrogen (secondary N) is 2. The summed E-state index contributed by atoms with van der Waals surface area (Å²) in [6.45, 7) is 0. The highest BCUT2D eigenvalue weighted by molar-refractivity contribution is 7.92. The van der Waals surface area contributed by atoms with Gasteiger partial charge in [0.15, 0.2) is 0 Å². The van der Waals surface area contributed by atoms with Crippen LogP contribution in [0, 0.1) is 11.3 Å². The summed E-state index contributed by atoms with van der Waals surface area (Å²) in [4.78, 5) is 48.3. The predicted octanol–water partition coefficient (Wildman–Crippen LogP) is 4.16. The highest BCUT2D eigenvalue weighted by atomic mass is 35.5. The van der Waals surface area contributed by atoms with E-state index >= 15 is 0 Å². The number of alkyl halides is 2. The van der Waals surface area contributed by atoms with Gasteiger partial charge >= 0.3 is 0 Å². The van der Waals surface area contributed by atoms with Crippen molar-refractivity contribution in [2.75, 3.05) is 20.8 Å². The summed E-state index contributed by atoms with van der Waals surface area (Å²) >= 11 is 6.55. The molecule has 3 amide bonds. The first-order valence-corrected chi connectivity index (χ1v) is 16.0. The molecule has 1 aliphatic heterocycles. The molecule has 1 aromatic heterocycles. The number of nitrogens with zero attached hydrogens (tertiary/aromatic N) is 4. The summed E-state index contributed by atoms with van der Waals surface area (Å²) < 4.78 is 53.8. The molecular formula is C30H27ClF2N6O5S. The first-order valence-electron chi connectivity index (χ1n) is 13.8. The second kappa shape index (κ2) is 12.4. The summed E-state index contributed by atoms with van der Waals surface area (Å²) in [5.41, 5.74) is 0.504. The van der Waals surface area contributed by atoms with E-state index < -0.39 is 64.6 Å². The van der Waals surface area contributed by atoms with E-state index in [1.54, 1.807) is 12.1 Å². The predicted molar refractivity (Wildman–Crippen MR) is 162 cm³/mol. The summed E-state index contributed by atoms with van der Waals surface area (Å²) in [5.74, 6) is -4.88. The molecule has 11 nitrogen and oxygen atoms in total. The zero-order valence-corrected chi connectivity index (χ0v) is 25.4. The lowest BCUT2D eigenvalue weighted by Crippen LogP contribution is -2.56. The number of carbonyl (C=O) groups is 3. The van der Waals surface area contributed by atoms with Gasteiger partial charge in [0, 0.05) is 47.8 Å². The molecule has 1 aliphatic carbocycles. The van der Waals surface area contributed by atoms with E-state index in [0.29, 0.717) is 0 Å². The van der Waals surface area contributed by atoms with Crippen molar-refractivity contribution >= 4 is 56.5 Å². The molecule has 2 aromatic carbocycles. The molecule has 2 heterocycles. The Morgan fingerprint density at radius 1 is 1.16 bits per heavy atom. The Morgan fingerprint density at radius 2 is 1.89 bits per heavy atom. The average Bonchev–Trinajstić information content (AvgIpc) is 3.35. The number of pyridine rings is 1. The van der Waals surface area contributed by atoms with E-state index in [0.717, 1.165) is 16.1 Å². The number of aromatic nitrogens is 1. The third-order valence-electron chi connectivity index (χ3n) is 7.43. The van der Waals surface area contributed by atoms with Crippen LogP contribution < -0.4 is 19.8 Å². The first kappa shape index (κ1) is 31.8. The molecule has 0 bridgehead atoms. The van der Waals surface area contributed by atoms with Crippen LogP contribution >= 0.6 is 11.6 Å². The third-order valence-corrected chi connectivity index (χ3v) is 8.38. The molecular weight excluding hydrogens is 630 g/mol. The van der Waals surface area contributed by atoms with Crippen LogP contribution in [-0.4, -0.2) is 55.4 Å². The molecule has 234 valence electrons. The van der Waals surface area contributed by atoms with Gasteiger partial charge in [-0.05, 0) is 42.8 Å². The normalized spacial score (nSPS) is 18.4. The summed E-state index contributed by atoms with van der Waals surface area (Å²) in [6, 6.07) is 13.1. The quantitative estimate of drug-likeness (QED) is 0.351. The zero-order valence-electron chi connectivity index (χ0n) is 23.8. The maximum absolute atomic E-state index is 14.7. The molecule has 0 spiro atoms. The number of halogens is 3. The molecule has 1 saturated heterocycles. The van der Waals surface area contributed by atoms with Crippen LogP contribution in [0.3, 0.4) is 0 Å². The number of sulfonamides is 1. The van der Waals surface area contributed by atoms with Gasteiger partial charge in [0.1, 0.15) is 17.9 Å². The molecule has 2 N–H and O–H groups in total. The standard InChI is InChI=1S/C30H27ClF2N6O5S/c1-45(43,44)37-19-5-4-6-21(14-19)38(29(42)24-9-10-26(40)39(24)25-13-18(17-34)11-12-35-25)27(22-7-2-3-8-23(22)31)28(41)36-20-15-30(32,33)16-20/h2-8,11-14,20,24,27,37H,9-10,15-16H2,1H3,(H,36,41)/t24-,27-/m0/s1. The number of carbonyl (C=O) groups excluding carboxylic acids is 3. The van der Waals surface area contributed by atoms with Crippen LogP contribution in [0.1, 0.15) is 42.9 Å². The van der Waals surface area contributed by atoms with Gasteiger partial charge in [0.25, 0.3) is 11.8 Å². The van der Waals surface area contributed by atoms with E-state index in [-0.39, 0.29) is 46.2 Å². The van der Waals surface area contributed by atoms with Gasteiger partial charge in [-0.1, -0.05) is 35.9 Å². The van der Waals surface area contributed by atoms with Gasteiger partial charge in [0.05, 0.1) is 23.6 Å². The van der Waals surface area contributed by atoms with Crippen LogP contribution in [0.15, 0.2) is 66.9 Å². The minimum Gasteiger partial charge on any atom is -0.351 e. The Bertz CT molecular complexity index is 1810. The molecule has 1 saturated carbocycles. The summed E-state index contributed by atoms with van der Waals surface area (Å²) in [5, 5.41) is 12.1. The lowest BCUT2D eigenvalue weighted by Gasteiger charge is -2.39. The van der Waals surface area contributed by atoms with Gasteiger partial charge in [0.2, 0.25) is 21.8 Å². The van der Waals surface area contributed by atoms with E-state index in [2.05, 4.69) is 15.0 Å². The second-order valence-electron chi connectivity index (χ2n) is 10.9. The highest BCUT2D eigenvalue weighted by Gasteiger charge is 2.48. The minimum absolute atomic E-state index is 0.0274. The first-order chi connectivity index (χ1) is 21.3. The number of benzene rings is 2. The van der Waals surface area contributed by atoms with E-state index in [1.807, 2.05) is 6.07 Å². The number of amides is 3. The molecule has 2 atom stereocenters. The van der Waals surface area contributed by atoms with Crippen molar-refractivity contribution in [1.82, 2.24) is 10.3 Å². The van der Waals surface area contributed by atoms with E-state index in [4.69, 9.17) is 11.6 Å². The Kier molecular flexibility index (Phi) is 8.77. The fraction of sp³-hybridized carbons (Fsp3) is 0.300. The monoisotopic (exact) mass is 656 g/mol. The Hall–Kier alpha value is -4.61. The number of hydrogen-bond donors (Lipinski definition) is 2. The van der Waals surface area contributed by atoms with Crippen molar-refractivity contribution in [2.24, 2.45) is 0 Å². The largest absolute Gasteiger partial charge is 0.351 e. The van der Waals surface area contributed by atoms with Crippen molar-refractivity contribution in [2.45, 2.75) is 49.7 Å². The number of hydrogen-bond acceptors (Lipinski definition) is 7.